The molecule has 0 unspecified atom stereocenters. The molecule has 1 N–H and O–H groups in total. The van der Waals surface area contributed by atoms with Gasteiger partial charge in [-0.25, -0.2) is 4.39 Å². The number of rotatable bonds is 5. The van der Waals surface area contributed by atoms with Crippen molar-refractivity contribution < 1.29 is 18.7 Å². The molecule has 0 bridgehead atoms. The third-order valence-electron chi connectivity index (χ3n) is 5.07. The van der Waals surface area contributed by atoms with Gasteiger partial charge in [-0.2, -0.15) is 0 Å². The molecule has 2 aromatic carbocycles. The number of methoxy groups -OCH3 is 1. The number of carbonyl (C=O) groups is 2. The Morgan fingerprint density at radius 3 is 2.59 bits per heavy atom. The normalized spacial score (nSPS) is 19.7. The lowest BCUT2D eigenvalue weighted by molar-refractivity contribution is -0.141. The number of carbonyl (C=O) groups excluding carboxylic acids is 2. The number of hydrogen-bond acceptors (Lipinski definition) is 3. The predicted molar refractivity (Wildman–Crippen MR) is 99.5 cm³/mol. The Balaban J connectivity index is 1.79. The van der Waals surface area contributed by atoms with Gasteiger partial charge in [0.2, 0.25) is 11.8 Å². The fourth-order valence-electron chi connectivity index (χ4n) is 3.52. The third-order valence-corrected chi connectivity index (χ3v) is 5.07. The predicted octanol–water partition coefficient (Wildman–Crippen LogP) is 3.06. The second kappa shape index (κ2) is 8.20. The average molecular weight is 370 g/mol. The summed E-state index contributed by atoms with van der Waals surface area (Å²) in [7, 11) is 3.30. The molecule has 0 aliphatic carbocycles. The number of nitrogens with one attached hydrogen (secondary N) is 1. The Morgan fingerprint density at radius 1 is 1.22 bits per heavy atom. The van der Waals surface area contributed by atoms with E-state index in [0.717, 1.165) is 5.56 Å². The summed E-state index contributed by atoms with van der Waals surface area (Å²) >= 11 is 0. The van der Waals surface area contributed by atoms with Crippen LogP contribution in [-0.4, -0.2) is 30.9 Å². The van der Waals surface area contributed by atoms with E-state index in [-0.39, 0.29) is 30.2 Å². The third kappa shape index (κ3) is 4.10. The molecule has 1 aliphatic heterocycles. The molecule has 1 saturated heterocycles. The Kier molecular flexibility index (Phi) is 5.74. The number of likely N-dealkylation sites (tertiary alicyclic amines) is 1. The number of amides is 2. The number of piperidine rings is 1. The van der Waals surface area contributed by atoms with Crippen molar-refractivity contribution in [3.63, 3.8) is 0 Å². The second-order valence-corrected chi connectivity index (χ2v) is 6.68. The van der Waals surface area contributed by atoms with Crippen molar-refractivity contribution in [3.8, 4) is 5.75 Å². The molecule has 0 spiro atoms. The monoisotopic (exact) mass is 370 g/mol. The van der Waals surface area contributed by atoms with Crippen molar-refractivity contribution in [1.82, 2.24) is 10.2 Å². The maximum atomic E-state index is 13.8. The quantitative estimate of drug-likeness (QED) is 0.880. The van der Waals surface area contributed by atoms with E-state index in [9.17, 15) is 14.0 Å². The van der Waals surface area contributed by atoms with Gasteiger partial charge in [0.05, 0.1) is 19.1 Å². The fraction of sp³-hybridized carbons (Fsp3) is 0.333. The van der Waals surface area contributed by atoms with Crippen molar-refractivity contribution in [1.29, 1.82) is 0 Å². The zero-order chi connectivity index (χ0) is 19.4. The van der Waals surface area contributed by atoms with Crippen molar-refractivity contribution in [2.45, 2.75) is 25.4 Å². The van der Waals surface area contributed by atoms with Crippen LogP contribution < -0.4 is 10.1 Å². The average Bonchev–Trinajstić information content (AvgIpc) is 2.69. The number of halogens is 1. The van der Waals surface area contributed by atoms with Crippen LogP contribution in [0.3, 0.4) is 0 Å². The zero-order valence-corrected chi connectivity index (χ0v) is 15.4. The van der Waals surface area contributed by atoms with Crippen LogP contribution in [0.1, 0.15) is 30.0 Å². The van der Waals surface area contributed by atoms with Gasteiger partial charge in [-0.15, -0.1) is 0 Å². The Hall–Kier alpha value is -2.89. The van der Waals surface area contributed by atoms with Crippen LogP contribution in [0.2, 0.25) is 0 Å². The molecule has 3 rings (SSSR count). The molecule has 6 heteroatoms. The van der Waals surface area contributed by atoms with Crippen LogP contribution >= 0.6 is 0 Å². The number of benzene rings is 2. The standard InChI is InChI=1S/C21H23FN2O3/c1-24-19(25)12-11-17(20(24)14-7-9-16(27-2)10-8-14)21(26)23-13-15-5-3-4-6-18(15)22/h3-10,17,20H,11-13H2,1-2H3,(H,23,26)/t17-,20+/m1/s1. The summed E-state index contributed by atoms with van der Waals surface area (Å²) in [5.41, 5.74) is 1.31. The number of nitrogens with zero attached hydrogens (tertiary/aromatic N) is 1. The van der Waals surface area contributed by atoms with Crippen molar-refractivity contribution in [3.05, 3.63) is 65.5 Å². The molecule has 0 saturated carbocycles. The largest absolute Gasteiger partial charge is 0.497 e. The number of hydrogen-bond donors (Lipinski definition) is 1. The van der Waals surface area contributed by atoms with E-state index in [0.29, 0.717) is 24.2 Å². The maximum absolute atomic E-state index is 13.8. The zero-order valence-electron chi connectivity index (χ0n) is 15.4. The van der Waals surface area contributed by atoms with Gasteiger partial charge < -0.3 is 15.0 Å². The molecular formula is C21H23FN2O3. The first-order valence-corrected chi connectivity index (χ1v) is 8.92. The van der Waals surface area contributed by atoms with Crippen molar-refractivity contribution in [2.24, 2.45) is 5.92 Å². The van der Waals surface area contributed by atoms with Crippen molar-refractivity contribution >= 4 is 11.8 Å². The van der Waals surface area contributed by atoms with Gasteiger partial charge in [-0.1, -0.05) is 30.3 Å². The molecule has 2 amide bonds. The molecule has 1 heterocycles. The van der Waals surface area contributed by atoms with Crippen LogP contribution in [-0.2, 0) is 16.1 Å². The van der Waals surface area contributed by atoms with Gasteiger partial charge in [0.25, 0.3) is 0 Å². The summed E-state index contributed by atoms with van der Waals surface area (Å²) < 4.78 is 19.0. The van der Waals surface area contributed by atoms with Crippen molar-refractivity contribution in [2.75, 3.05) is 14.2 Å². The summed E-state index contributed by atoms with van der Waals surface area (Å²) in [4.78, 5) is 26.7. The van der Waals surface area contributed by atoms with Crippen LogP contribution in [0.25, 0.3) is 0 Å². The molecule has 2 atom stereocenters. The lowest BCUT2D eigenvalue weighted by Crippen LogP contribution is -2.46. The van der Waals surface area contributed by atoms with Gasteiger partial charge in [-0.3, -0.25) is 9.59 Å². The lowest BCUT2D eigenvalue weighted by atomic mass is 9.84. The first-order chi connectivity index (χ1) is 13.0. The molecule has 0 radical (unpaired) electrons. The minimum absolute atomic E-state index is 0.00831. The highest BCUT2D eigenvalue weighted by Gasteiger charge is 2.38. The van der Waals surface area contributed by atoms with Gasteiger partial charge >= 0.3 is 0 Å². The summed E-state index contributed by atoms with van der Waals surface area (Å²) in [6.45, 7) is 0.120. The minimum atomic E-state index is -0.395. The Morgan fingerprint density at radius 2 is 1.93 bits per heavy atom. The minimum Gasteiger partial charge on any atom is -0.497 e. The first kappa shape index (κ1) is 18.9. The molecule has 0 aromatic heterocycles. The van der Waals surface area contributed by atoms with Gasteiger partial charge in [0, 0.05) is 25.6 Å². The van der Waals surface area contributed by atoms with Crippen LogP contribution in [0, 0.1) is 11.7 Å². The van der Waals surface area contributed by atoms with Crippen LogP contribution in [0.4, 0.5) is 4.39 Å². The molecule has 5 nitrogen and oxygen atoms in total. The molecule has 27 heavy (non-hydrogen) atoms. The first-order valence-electron chi connectivity index (χ1n) is 8.92. The van der Waals surface area contributed by atoms with E-state index >= 15 is 0 Å². The highest BCUT2D eigenvalue weighted by atomic mass is 19.1. The van der Waals surface area contributed by atoms with Crippen LogP contribution in [0.15, 0.2) is 48.5 Å². The number of ether oxygens (including phenoxy) is 1. The molecular weight excluding hydrogens is 347 g/mol. The summed E-state index contributed by atoms with van der Waals surface area (Å²) in [5.74, 6) is -0.204. The maximum Gasteiger partial charge on any atom is 0.225 e. The fourth-order valence-corrected chi connectivity index (χ4v) is 3.52. The highest BCUT2D eigenvalue weighted by Crippen LogP contribution is 2.36. The molecule has 142 valence electrons. The molecule has 2 aromatic rings. The molecule has 1 fully saturated rings. The van der Waals surface area contributed by atoms with Gasteiger partial charge in [0.1, 0.15) is 11.6 Å². The van der Waals surface area contributed by atoms with Crippen LogP contribution in [0.5, 0.6) is 5.75 Å². The Bertz CT molecular complexity index is 822. The van der Waals surface area contributed by atoms with E-state index in [1.807, 2.05) is 24.3 Å². The van der Waals surface area contributed by atoms with E-state index in [1.165, 1.54) is 6.07 Å². The summed E-state index contributed by atoms with van der Waals surface area (Å²) in [6, 6.07) is 13.4. The van der Waals surface area contributed by atoms with E-state index < -0.39 is 5.92 Å². The van der Waals surface area contributed by atoms with E-state index in [2.05, 4.69) is 5.32 Å². The van der Waals surface area contributed by atoms with Gasteiger partial charge in [-0.05, 0) is 30.2 Å². The topological polar surface area (TPSA) is 58.6 Å². The molecule has 1 aliphatic rings. The smallest absolute Gasteiger partial charge is 0.225 e. The second-order valence-electron chi connectivity index (χ2n) is 6.68. The summed E-state index contributed by atoms with van der Waals surface area (Å²) in [5, 5.41) is 2.83. The van der Waals surface area contributed by atoms with E-state index in [1.54, 1.807) is 37.3 Å². The lowest BCUT2D eigenvalue weighted by Gasteiger charge is -2.38. The SMILES string of the molecule is COc1ccc([C@H]2[C@H](C(=O)NCc3ccccc3F)CCC(=O)N2C)cc1. The highest BCUT2D eigenvalue weighted by molar-refractivity contribution is 5.84. The van der Waals surface area contributed by atoms with Gasteiger partial charge in [0.15, 0.2) is 0 Å². The van der Waals surface area contributed by atoms with E-state index in [4.69, 9.17) is 4.74 Å². The summed E-state index contributed by atoms with van der Waals surface area (Å²) in [6.07, 6.45) is 0.782. The Labute approximate surface area is 158 Å².